The van der Waals surface area contributed by atoms with Crippen molar-refractivity contribution in [3.8, 4) is 11.6 Å². The van der Waals surface area contributed by atoms with E-state index in [0.29, 0.717) is 0 Å². The molecule has 4 nitrogen and oxygen atoms in total. The van der Waals surface area contributed by atoms with E-state index in [9.17, 15) is 8.78 Å². The minimum absolute atomic E-state index is 0.124. The Labute approximate surface area is 96.0 Å². The second-order valence-corrected chi connectivity index (χ2v) is 3.18. The lowest BCUT2D eigenvalue weighted by molar-refractivity contribution is 0.420. The van der Waals surface area contributed by atoms with E-state index in [0.717, 1.165) is 6.07 Å². The quantitative estimate of drug-likeness (QED) is 0.635. The van der Waals surface area contributed by atoms with Gasteiger partial charge in [-0.15, -0.1) is 0 Å². The monoisotopic (exact) mass is 237 g/mol. The number of hydrogen-bond acceptors (Lipinski definition) is 4. The van der Waals surface area contributed by atoms with Gasteiger partial charge in [-0.05, 0) is 24.3 Å². The van der Waals surface area contributed by atoms with Crippen molar-refractivity contribution >= 4 is 5.69 Å². The molecule has 1 aromatic heterocycles. The van der Waals surface area contributed by atoms with Crippen molar-refractivity contribution in [1.82, 2.24) is 4.98 Å². The Balaban J connectivity index is 2.25. The molecule has 0 unspecified atom stereocenters. The molecule has 0 bridgehead atoms. The molecular formula is C11H9F2N3O. The summed E-state index contributed by atoms with van der Waals surface area (Å²) in [5.41, 5.74) is 2.30. The first-order chi connectivity index (χ1) is 8.20. The number of hydrazine groups is 1. The SMILES string of the molecule is NNc1ccc(Oc2ncccc2F)cc1F. The first-order valence-corrected chi connectivity index (χ1v) is 4.75. The third-order valence-electron chi connectivity index (χ3n) is 2.04. The molecule has 1 aromatic carbocycles. The van der Waals surface area contributed by atoms with E-state index in [-0.39, 0.29) is 17.3 Å². The zero-order chi connectivity index (χ0) is 12.3. The van der Waals surface area contributed by atoms with E-state index in [1.807, 2.05) is 0 Å². The fourth-order valence-corrected chi connectivity index (χ4v) is 1.23. The summed E-state index contributed by atoms with van der Waals surface area (Å²) in [7, 11) is 0. The fourth-order valence-electron chi connectivity index (χ4n) is 1.23. The molecule has 17 heavy (non-hydrogen) atoms. The van der Waals surface area contributed by atoms with E-state index < -0.39 is 11.6 Å². The second-order valence-electron chi connectivity index (χ2n) is 3.18. The Kier molecular flexibility index (Phi) is 3.15. The maximum atomic E-state index is 13.3. The fraction of sp³-hybridized carbons (Fsp3) is 0. The Morgan fingerprint density at radius 1 is 1.18 bits per heavy atom. The summed E-state index contributed by atoms with van der Waals surface area (Å²) in [5, 5.41) is 0. The second kappa shape index (κ2) is 4.75. The average molecular weight is 237 g/mol. The minimum atomic E-state index is -0.617. The van der Waals surface area contributed by atoms with E-state index in [1.54, 1.807) is 0 Å². The molecule has 6 heteroatoms. The zero-order valence-electron chi connectivity index (χ0n) is 8.65. The molecule has 0 radical (unpaired) electrons. The topological polar surface area (TPSA) is 60.2 Å². The number of aromatic nitrogens is 1. The van der Waals surface area contributed by atoms with Crippen molar-refractivity contribution in [1.29, 1.82) is 0 Å². The van der Waals surface area contributed by atoms with Crippen molar-refractivity contribution < 1.29 is 13.5 Å². The number of anilines is 1. The lowest BCUT2D eigenvalue weighted by Gasteiger charge is -2.07. The van der Waals surface area contributed by atoms with Gasteiger partial charge >= 0.3 is 0 Å². The molecule has 1 heterocycles. The van der Waals surface area contributed by atoms with Gasteiger partial charge in [0.2, 0.25) is 0 Å². The summed E-state index contributed by atoms with van der Waals surface area (Å²) >= 11 is 0. The lowest BCUT2D eigenvalue weighted by Crippen LogP contribution is -2.08. The highest BCUT2D eigenvalue weighted by Crippen LogP contribution is 2.25. The van der Waals surface area contributed by atoms with Crippen LogP contribution in [0.15, 0.2) is 36.5 Å². The van der Waals surface area contributed by atoms with Crippen LogP contribution in [0.2, 0.25) is 0 Å². The number of nitrogens with two attached hydrogens (primary N) is 1. The van der Waals surface area contributed by atoms with Crippen LogP contribution >= 0.6 is 0 Å². The van der Waals surface area contributed by atoms with Gasteiger partial charge in [0.1, 0.15) is 5.75 Å². The van der Waals surface area contributed by atoms with Gasteiger partial charge in [-0.2, -0.15) is 0 Å². The highest BCUT2D eigenvalue weighted by Gasteiger charge is 2.07. The molecule has 3 N–H and O–H groups in total. The van der Waals surface area contributed by atoms with Gasteiger partial charge in [0.25, 0.3) is 5.88 Å². The number of nitrogens with one attached hydrogen (secondary N) is 1. The molecule has 0 spiro atoms. The van der Waals surface area contributed by atoms with Crippen LogP contribution in [0.1, 0.15) is 0 Å². The van der Waals surface area contributed by atoms with Gasteiger partial charge in [0.15, 0.2) is 11.6 Å². The number of benzene rings is 1. The molecule has 88 valence electrons. The number of halogens is 2. The van der Waals surface area contributed by atoms with Gasteiger partial charge in [-0.3, -0.25) is 5.84 Å². The van der Waals surface area contributed by atoms with Crippen LogP contribution < -0.4 is 16.0 Å². The first kappa shape index (κ1) is 11.3. The van der Waals surface area contributed by atoms with Gasteiger partial charge in [-0.1, -0.05) is 0 Å². The molecule has 0 saturated heterocycles. The predicted octanol–water partition coefficient (Wildman–Crippen LogP) is 2.44. The first-order valence-electron chi connectivity index (χ1n) is 4.75. The number of nitrogens with zero attached hydrogens (tertiary/aromatic N) is 1. The van der Waals surface area contributed by atoms with Crippen molar-refractivity contribution in [2.24, 2.45) is 5.84 Å². The summed E-state index contributed by atoms with van der Waals surface area (Å²) in [6.45, 7) is 0. The number of hydrogen-bond donors (Lipinski definition) is 2. The molecule has 0 aliphatic carbocycles. The summed E-state index contributed by atoms with van der Waals surface area (Å²) in [6, 6.07) is 6.56. The van der Waals surface area contributed by atoms with E-state index in [4.69, 9.17) is 10.6 Å². The van der Waals surface area contributed by atoms with E-state index in [2.05, 4.69) is 10.4 Å². The molecule has 0 saturated carbocycles. The standard InChI is InChI=1S/C11H9F2N3O/c12-8-2-1-5-15-11(8)17-7-3-4-10(16-14)9(13)6-7/h1-6,16H,14H2. The molecule has 0 aliphatic rings. The molecule has 0 atom stereocenters. The Hall–Kier alpha value is -2.21. The molecule has 0 amide bonds. The minimum Gasteiger partial charge on any atom is -0.436 e. The average Bonchev–Trinajstić information content (AvgIpc) is 2.32. The van der Waals surface area contributed by atoms with Crippen LogP contribution in [0, 0.1) is 11.6 Å². The van der Waals surface area contributed by atoms with Crippen LogP contribution in [0.3, 0.4) is 0 Å². The smallest absolute Gasteiger partial charge is 0.255 e. The van der Waals surface area contributed by atoms with E-state index in [1.165, 1.54) is 30.5 Å². The van der Waals surface area contributed by atoms with Gasteiger partial charge in [0.05, 0.1) is 5.69 Å². The van der Waals surface area contributed by atoms with Crippen molar-refractivity contribution in [2.45, 2.75) is 0 Å². The Bertz CT molecular complexity index is 534. The highest BCUT2D eigenvalue weighted by molar-refractivity contribution is 5.47. The Morgan fingerprint density at radius 3 is 2.65 bits per heavy atom. The zero-order valence-corrected chi connectivity index (χ0v) is 8.65. The highest BCUT2D eigenvalue weighted by atomic mass is 19.1. The van der Waals surface area contributed by atoms with Gasteiger partial charge in [0, 0.05) is 12.3 Å². The number of pyridine rings is 1. The number of nitrogen functional groups attached to an aromatic ring is 1. The van der Waals surface area contributed by atoms with Crippen molar-refractivity contribution in [3.05, 3.63) is 48.2 Å². The molecule has 0 fully saturated rings. The Morgan fingerprint density at radius 2 is 2.00 bits per heavy atom. The van der Waals surface area contributed by atoms with Gasteiger partial charge < -0.3 is 10.2 Å². The van der Waals surface area contributed by atoms with Crippen LogP contribution in [-0.2, 0) is 0 Å². The van der Waals surface area contributed by atoms with Crippen molar-refractivity contribution in [3.63, 3.8) is 0 Å². The normalized spacial score (nSPS) is 10.1. The predicted molar refractivity (Wildman–Crippen MR) is 58.5 cm³/mol. The third-order valence-corrected chi connectivity index (χ3v) is 2.04. The summed E-state index contributed by atoms with van der Waals surface area (Å²) in [5.74, 6) is 3.79. The maximum Gasteiger partial charge on any atom is 0.255 e. The molecule has 2 rings (SSSR count). The largest absolute Gasteiger partial charge is 0.436 e. The van der Waals surface area contributed by atoms with Crippen LogP contribution in [-0.4, -0.2) is 4.98 Å². The summed E-state index contributed by atoms with van der Waals surface area (Å²) in [6.07, 6.45) is 1.38. The number of ether oxygens (including phenoxy) is 1. The molecule has 0 aliphatic heterocycles. The molecular weight excluding hydrogens is 228 g/mol. The van der Waals surface area contributed by atoms with Crippen molar-refractivity contribution in [2.75, 3.05) is 5.43 Å². The third kappa shape index (κ3) is 2.48. The van der Waals surface area contributed by atoms with Crippen LogP contribution in [0.5, 0.6) is 11.6 Å². The summed E-state index contributed by atoms with van der Waals surface area (Å²) in [4.78, 5) is 3.69. The summed E-state index contributed by atoms with van der Waals surface area (Å²) < 4.78 is 31.6. The van der Waals surface area contributed by atoms with Gasteiger partial charge in [-0.25, -0.2) is 13.8 Å². The van der Waals surface area contributed by atoms with Crippen LogP contribution in [0.4, 0.5) is 14.5 Å². The number of rotatable bonds is 3. The molecule has 2 aromatic rings. The lowest BCUT2D eigenvalue weighted by atomic mass is 10.3. The van der Waals surface area contributed by atoms with E-state index >= 15 is 0 Å². The van der Waals surface area contributed by atoms with Crippen LogP contribution in [0.25, 0.3) is 0 Å². The maximum absolute atomic E-state index is 13.3.